The molecule has 0 aliphatic rings. The molecular weight excluding hydrogens is 310 g/mol. The fourth-order valence-electron chi connectivity index (χ4n) is 1.87. The topological polar surface area (TPSA) is 83.0 Å². The summed E-state index contributed by atoms with van der Waals surface area (Å²) in [6, 6.07) is 4.71. The zero-order chi connectivity index (χ0) is 16.4. The van der Waals surface area contributed by atoms with E-state index in [1.807, 2.05) is 0 Å². The highest BCUT2D eigenvalue weighted by atomic mass is 19.1. The Morgan fingerprint density at radius 1 is 1.30 bits per heavy atom. The minimum atomic E-state index is -0.797. The first-order valence-electron chi connectivity index (χ1n) is 6.51. The SMILES string of the molecule is Cc1noc(COC(=O)c2ccn(-c3c(F)cccc3F)n2)n1. The summed E-state index contributed by atoms with van der Waals surface area (Å²) in [5, 5.41) is 7.37. The third-order valence-electron chi connectivity index (χ3n) is 2.86. The van der Waals surface area contributed by atoms with Crippen LogP contribution in [0.4, 0.5) is 8.78 Å². The van der Waals surface area contributed by atoms with Gasteiger partial charge in [0.15, 0.2) is 29.8 Å². The standard InChI is InChI=1S/C14H10F2N4O3/c1-8-17-12(23-19-8)7-22-14(21)11-5-6-20(18-11)13-9(15)3-2-4-10(13)16/h2-6H,7H2,1H3. The van der Waals surface area contributed by atoms with Crippen molar-refractivity contribution >= 4 is 5.97 Å². The van der Waals surface area contributed by atoms with E-state index in [0.29, 0.717) is 5.82 Å². The summed E-state index contributed by atoms with van der Waals surface area (Å²) in [7, 11) is 0. The predicted molar refractivity (Wildman–Crippen MR) is 71.6 cm³/mol. The largest absolute Gasteiger partial charge is 0.451 e. The van der Waals surface area contributed by atoms with E-state index < -0.39 is 17.6 Å². The number of esters is 1. The van der Waals surface area contributed by atoms with Crippen molar-refractivity contribution in [3.8, 4) is 5.69 Å². The first kappa shape index (κ1) is 14.8. The van der Waals surface area contributed by atoms with Crippen LogP contribution in [-0.2, 0) is 11.3 Å². The number of ether oxygens (including phenoxy) is 1. The number of nitrogens with zero attached hydrogens (tertiary/aromatic N) is 4. The molecule has 3 aromatic rings. The van der Waals surface area contributed by atoms with Crippen LogP contribution in [0, 0.1) is 18.6 Å². The third kappa shape index (κ3) is 3.07. The van der Waals surface area contributed by atoms with Gasteiger partial charge in [-0.1, -0.05) is 11.2 Å². The van der Waals surface area contributed by atoms with Crippen molar-refractivity contribution < 1.29 is 22.8 Å². The van der Waals surface area contributed by atoms with Gasteiger partial charge < -0.3 is 9.26 Å². The summed E-state index contributed by atoms with van der Waals surface area (Å²) in [5.74, 6) is -1.83. The van der Waals surface area contributed by atoms with Gasteiger partial charge in [-0.25, -0.2) is 18.3 Å². The Kier molecular flexibility index (Phi) is 3.83. The molecule has 0 saturated carbocycles. The zero-order valence-corrected chi connectivity index (χ0v) is 11.9. The van der Waals surface area contributed by atoms with Gasteiger partial charge in [-0.05, 0) is 25.1 Å². The van der Waals surface area contributed by atoms with Gasteiger partial charge in [0.2, 0.25) is 0 Å². The minimum absolute atomic E-state index is 0.108. The highest BCUT2D eigenvalue weighted by Gasteiger charge is 2.17. The second kappa shape index (κ2) is 5.95. The molecule has 0 unspecified atom stereocenters. The van der Waals surface area contributed by atoms with Crippen molar-refractivity contribution in [3.63, 3.8) is 0 Å². The zero-order valence-electron chi connectivity index (χ0n) is 11.9. The summed E-state index contributed by atoms with van der Waals surface area (Å²) >= 11 is 0. The van der Waals surface area contributed by atoms with E-state index in [4.69, 9.17) is 9.26 Å². The molecule has 0 N–H and O–H groups in total. The molecule has 118 valence electrons. The maximum Gasteiger partial charge on any atom is 0.359 e. The van der Waals surface area contributed by atoms with E-state index in [2.05, 4.69) is 15.2 Å². The van der Waals surface area contributed by atoms with Crippen molar-refractivity contribution in [1.82, 2.24) is 19.9 Å². The lowest BCUT2D eigenvalue weighted by Gasteiger charge is -2.04. The number of para-hydroxylation sites is 1. The van der Waals surface area contributed by atoms with Crippen LogP contribution in [0.25, 0.3) is 5.69 Å². The molecule has 0 amide bonds. The van der Waals surface area contributed by atoms with E-state index in [9.17, 15) is 13.6 Å². The smallest absolute Gasteiger partial charge is 0.359 e. The molecule has 0 radical (unpaired) electrons. The van der Waals surface area contributed by atoms with Crippen LogP contribution < -0.4 is 0 Å². The lowest BCUT2D eigenvalue weighted by molar-refractivity contribution is 0.0422. The molecule has 0 aliphatic heterocycles. The van der Waals surface area contributed by atoms with Crippen LogP contribution in [-0.4, -0.2) is 25.9 Å². The number of aryl methyl sites for hydroxylation is 1. The van der Waals surface area contributed by atoms with Crippen LogP contribution in [0.2, 0.25) is 0 Å². The fraction of sp³-hybridized carbons (Fsp3) is 0.143. The molecule has 0 saturated heterocycles. The van der Waals surface area contributed by atoms with Crippen LogP contribution in [0.5, 0.6) is 0 Å². The molecule has 0 aliphatic carbocycles. The molecule has 7 nitrogen and oxygen atoms in total. The lowest BCUT2D eigenvalue weighted by Crippen LogP contribution is -2.08. The Labute approximate surface area is 128 Å². The fourth-order valence-corrected chi connectivity index (χ4v) is 1.87. The summed E-state index contributed by atoms with van der Waals surface area (Å²) < 4.78 is 38.0. The number of rotatable bonds is 4. The van der Waals surface area contributed by atoms with Crippen molar-refractivity contribution in [2.24, 2.45) is 0 Å². The van der Waals surface area contributed by atoms with Gasteiger partial charge in [0.1, 0.15) is 5.69 Å². The van der Waals surface area contributed by atoms with Crippen LogP contribution >= 0.6 is 0 Å². The van der Waals surface area contributed by atoms with E-state index in [1.54, 1.807) is 6.92 Å². The van der Waals surface area contributed by atoms with Gasteiger partial charge in [-0.15, -0.1) is 0 Å². The molecule has 2 aromatic heterocycles. The van der Waals surface area contributed by atoms with Gasteiger partial charge in [0.05, 0.1) is 0 Å². The van der Waals surface area contributed by atoms with Gasteiger partial charge in [0.25, 0.3) is 5.89 Å². The Bertz CT molecular complexity index is 839. The van der Waals surface area contributed by atoms with E-state index in [1.165, 1.54) is 18.3 Å². The second-order valence-corrected chi connectivity index (χ2v) is 4.53. The molecule has 2 heterocycles. The average molecular weight is 320 g/mol. The van der Waals surface area contributed by atoms with Gasteiger partial charge >= 0.3 is 5.97 Å². The quantitative estimate of drug-likeness (QED) is 0.685. The number of halogens is 2. The summed E-state index contributed by atoms with van der Waals surface area (Å²) in [6.45, 7) is 1.40. The Morgan fingerprint density at radius 2 is 2.04 bits per heavy atom. The normalized spacial score (nSPS) is 10.7. The van der Waals surface area contributed by atoms with Crippen molar-refractivity contribution in [2.45, 2.75) is 13.5 Å². The molecular formula is C14H10F2N4O3. The summed E-state index contributed by atoms with van der Waals surface area (Å²) in [4.78, 5) is 15.7. The summed E-state index contributed by atoms with van der Waals surface area (Å²) in [6.07, 6.45) is 1.26. The van der Waals surface area contributed by atoms with E-state index >= 15 is 0 Å². The van der Waals surface area contributed by atoms with Crippen molar-refractivity contribution in [2.75, 3.05) is 0 Å². The average Bonchev–Trinajstić information content (AvgIpc) is 3.14. The lowest BCUT2D eigenvalue weighted by atomic mass is 10.3. The van der Waals surface area contributed by atoms with Gasteiger partial charge in [0, 0.05) is 6.20 Å². The number of carbonyl (C=O) groups excluding carboxylic acids is 1. The van der Waals surface area contributed by atoms with Crippen LogP contribution in [0.3, 0.4) is 0 Å². The number of aromatic nitrogens is 4. The van der Waals surface area contributed by atoms with Gasteiger partial charge in [-0.2, -0.15) is 10.1 Å². The molecule has 9 heteroatoms. The highest BCUT2D eigenvalue weighted by Crippen LogP contribution is 2.17. The molecule has 0 spiro atoms. The van der Waals surface area contributed by atoms with Crippen LogP contribution in [0.1, 0.15) is 22.2 Å². The first-order chi connectivity index (χ1) is 11.0. The first-order valence-corrected chi connectivity index (χ1v) is 6.51. The van der Waals surface area contributed by atoms with E-state index in [-0.39, 0.29) is 23.9 Å². The maximum atomic E-state index is 13.7. The number of carbonyl (C=O) groups is 1. The monoisotopic (exact) mass is 320 g/mol. The second-order valence-electron chi connectivity index (χ2n) is 4.53. The predicted octanol–water partition coefficient (Wildman–Crippen LogP) is 2.20. The van der Waals surface area contributed by atoms with Crippen LogP contribution in [0.15, 0.2) is 35.0 Å². The molecule has 3 rings (SSSR count). The Hall–Kier alpha value is -3.10. The van der Waals surface area contributed by atoms with Gasteiger partial charge in [-0.3, -0.25) is 0 Å². The number of hydrogen-bond acceptors (Lipinski definition) is 6. The molecule has 0 atom stereocenters. The third-order valence-corrected chi connectivity index (χ3v) is 2.86. The van der Waals surface area contributed by atoms with Crippen molar-refractivity contribution in [1.29, 1.82) is 0 Å². The molecule has 1 aromatic carbocycles. The molecule has 23 heavy (non-hydrogen) atoms. The maximum absolute atomic E-state index is 13.7. The van der Waals surface area contributed by atoms with E-state index in [0.717, 1.165) is 16.8 Å². The number of benzene rings is 1. The highest BCUT2D eigenvalue weighted by molar-refractivity contribution is 5.87. The van der Waals surface area contributed by atoms with Crippen molar-refractivity contribution in [3.05, 3.63) is 59.5 Å². The number of hydrogen-bond donors (Lipinski definition) is 0. The molecule has 0 fully saturated rings. The minimum Gasteiger partial charge on any atom is -0.451 e. The summed E-state index contributed by atoms with van der Waals surface area (Å²) in [5.41, 5.74) is -0.483. The molecule has 0 bridgehead atoms. The Balaban J connectivity index is 1.75. The Morgan fingerprint density at radius 3 is 2.70 bits per heavy atom.